The highest BCUT2D eigenvalue weighted by Gasteiger charge is 2.59. The van der Waals surface area contributed by atoms with Crippen LogP contribution in [0.2, 0.25) is 31.0 Å². The Balaban J connectivity index is 1.30. The van der Waals surface area contributed by atoms with Gasteiger partial charge in [-0.2, -0.15) is 15.1 Å². The van der Waals surface area contributed by atoms with Gasteiger partial charge in [0.15, 0.2) is 29.3 Å². The highest BCUT2D eigenvalue weighted by Crippen LogP contribution is 2.61. The number of hydrogen-bond acceptors (Lipinski definition) is 19. The molecular weight excluding hydrogens is 921 g/mol. The smallest absolute Gasteiger partial charge is 0.416 e. The van der Waals surface area contributed by atoms with E-state index in [1.54, 1.807) is 50.6 Å². The number of halogens is 1. The predicted molar refractivity (Wildman–Crippen MR) is 243 cm³/mol. The first-order chi connectivity index (χ1) is 31.2. The maximum atomic E-state index is 15.1. The molecule has 1 unspecified atom stereocenters. The van der Waals surface area contributed by atoms with E-state index in [9.17, 15) is 4.79 Å². The van der Waals surface area contributed by atoms with Gasteiger partial charge in [-0.25, -0.2) is 14.2 Å². The molecule has 3 aromatic rings. The van der Waals surface area contributed by atoms with Crippen molar-refractivity contribution < 1.29 is 61.0 Å². The van der Waals surface area contributed by atoms with Crippen molar-refractivity contribution in [3.63, 3.8) is 0 Å². The standard InChI is InChI=1S/C41H69ClN9O13PSi/c1-12-59-65(53,60-13-2)41(25-55-19-18-54-8,26-57-24-31-46-47-48-49(31)27-56-20-21-66(9,10)11)58-23-30-32-33(63-40(6,7)62-32)36(61-30)51-35-29(22-43-51)34(44-37(42)45-35)50(28-16-14-15-17-28)38(52)64-39(3,4)5/h22,28,30,32-33,36H,12-21,23-27H2,1-11H3/t30-,32-,33-,36-,41?/m1/s1. The van der Waals surface area contributed by atoms with Crippen molar-refractivity contribution in [1.29, 1.82) is 0 Å². The first-order valence-electron chi connectivity index (χ1n) is 22.7. The van der Waals surface area contributed by atoms with Crippen LogP contribution in [0.25, 0.3) is 11.0 Å². The highest BCUT2D eigenvalue weighted by atomic mass is 35.5. The lowest BCUT2D eigenvalue weighted by atomic mass is 10.1. The molecule has 0 spiro atoms. The number of methoxy groups -OCH3 is 1. The third-order valence-electron chi connectivity index (χ3n) is 11.0. The Kier molecular flexibility index (Phi) is 17.8. The fraction of sp³-hybridized carbons (Fsp3) is 0.829. The maximum Gasteiger partial charge on any atom is 0.416 e. The summed E-state index contributed by atoms with van der Waals surface area (Å²) < 4.78 is 85.9. The van der Waals surface area contributed by atoms with Crippen LogP contribution in [0, 0.1) is 0 Å². The van der Waals surface area contributed by atoms with Crippen LogP contribution in [0.15, 0.2) is 6.20 Å². The zero-order valence-corrected chi connectivity index (χ0v) is 42.9. The van der Waals surface area contributed by atoms with Gasteiger partial charge < -0.3 is 51.7 Å². The third-order valence-corrected chi connectivity index (χ3v) is 15.5. The van der Waals surface area contributed by atoms with Crippen molar-refractivity contribution in [2.45, 2.75) is 160 Å². The van der Waals surface area contributed by atoms with E-state index in [1.807, 2.05) is 20.8 Å². The Bertz CT molecular complexity index is 2090. The van der Waals surface area contributed by atoms with Gasteiger partial charge in [-0.3, -0.25) is 9.46 Å². The first-order valence-corrected chi connectivity index (χ1v) is 28.3. The number of fused-ring (bicyclic) bond motifs is 2. The van der Waals surface area contributed by atoms with Gasteiger partial charge >= 0.3 is 13.7 Å². The minimum atomic E-state index is -4.23. The minimum absolute atomic E-state index is 0.0240. The fourth-order valence-corrected chi connectivity index (χ4v) is 10.8. The first kappa shape index (κ1) is 52.6. The summed E-state index contributed by atoms with van der Waals surface area (Å²) in [5.41, 5.74) is -0.464. The van der Waals surface area contributed by atoms with Crippen LogP contribution in [-0.4, -0.2) is 155 Å². The van der Waals surface area contributed by atoms with Crippen LogP contribution in [0.3, 0.4) is 0 Å². The molecule has 0 bridgehead atoms. The fourth-order valence-electron chi connectivity index (χ4n) is 7.97. The lowest BCUT2D eigenvalue weighted by molar-refractivity contribution is -0.209. The van der Waals surface area contributed by atoms with Gasteiger partial charge in [0.2, 0.25) is 10.6 Å². The molecule has 2 saturated heterocycles. The molecule has 6 rings (SSSR count). The van der Waals surface area contributed by atoms with Crippen molar-refractivity contribution in [3.8, 4) is 0 Å². The Labute approximate surface area is 392 Å². The summed E-state index contributed by atoms with van der Waals surface area (Å²) in [7, 11) is -4.00. The number of ether oxygens (including phenoxy) is 9. The van der Waals surface area contributed by atoms with Crippen LogP contribution in [-0.2, 0) is 69.6 Å². The molecule has 1 amide bonds. The van der Waals surface area contributed by atoms with E-state index < -0.39 is 63.0 Å². The molecule has 0 N–H and O–H groups in total. The lowest BCUT2D eigenvalue weighted by Gasteiger charge is -2.39. The lowest BCUT2D eigenvalue weighted by Crippen LogP contribution is -2.47. The van der Waals surface area contributed by atoms with E-state index in [0.717, 1.165) is 31.7 Å². The van der Waals surface area contributed by atoms with Gasteiger partial charge in [0.05, 0.1) is 57.8 Å². The van der Waals surface area contributed by atoms with Crippen LogP contribution in [0.4, 0.5) is 10.6 Å². The molecule has 22 nitrogen and oxygen atoms in total. The van der Waals surface area contributed by atoms with Crippen molar-refractivity contribution >= 4 is 50.2 Å². The Hall–Kier alpha value is -2.77. The summed E-state index contributed by atoms with van der Waals surface area (Å²) in [5.74, 6) is -0.399. The normalized spacial score (nSPS) is 22.3. The van der Waals surface area contributed by atoms with Crippen molar-refractivity contribution in [2.75, 3.05) is 64.9 Å². The number of carbonyl (C=O) groups is 1. The molecule has 0 aromatic carbocycles. The molecule has 1 saturated carbocycles. The zero-order chi connectivity index (χ0) is 47.9. The van der Waals surface area contributed by atoms with Crippen molar-refractivity contribution in [1.82, 2.24) is 40.0 Å². The van der Waals surface area contributed by atoms with Crippen molar-refractivity contribution in [3.05, 3.63) is 17.3 Å². The van der Waals surface area contributed by atoms with Gasteiger partial charge in [-0.05, 0) is 89.4 Å². The SMILES string of the molecule is CCOP(=O)(OCC)C(COCCOC)(COCc1nnnn1COCC[Si](C)(C)C)OC[C@H]1O[C@@H](n2ncc3c(N(C(=O)OC(C)(C)C)C4CCCC4)nc(Cl)nc32)[C@@H]2OC(C)(C)O[C@@H]21. The molecule has 2 aliphatic heterocycles. The molecule has 1 aliphatic carbocycles. The van der Waals surface area contributed by atoms with E-state index in [1.165, 1.54) is 4.68 Å². The molecular formula is C41H69ClN9O13PSi. The summed E-state index contributed by atoms with van der Waals surface area (Å²) in [6.07, 6.45) is 1.20. The number of nitrogens with zero attached hydrogens (tertiary/aromatic N) is 9. The molecule has 3 fully saturated rings. The molecule has 5 atom stereocenters. The van der Waals surface area contributed by atoms with E-state index in [4.69, 9.17) is 68.4 Å². The molecule has 25 heteroatoms. The summed E-state index contributed by atoms with van der Waals surface area (Å²) in [5, 5.41) is 15.3. The second kappa shape index (κ2) is 22.3. The largest absolute Gasteiger partial charge is 0.443 e. The Morgan fingerprint density at radius 3 is 2.36 bits per heavy atom. The number of aromatic nitrogens is 8. The average molecular weight is 991 g/mol. The van der Waals surface area contributed by atoms with Gasteiger partial charge in [-0.15, -0.1) is 5.10 Å². The van der Waals surface area contributed by atoms with E-state index in [-0.39, 0.29) is 76.7 Å². The summed E-state index contributed by atoms with van der Waals surface area (Å²) in [6, 6.07) is 0.812. The van der Waals surface area contributed by atoms with E-state index >= 15 is 4.57 Å². The van der Waals surface area contributed by atoms with Crippen LogP contribution >= 0.6 is 19.2 Å². The number of rotatable bonds is 25. The molecule has 5 heterocycles. The van der Waals surface area contributed by atoms with E-state index in [2.05, 4.69) is 45.1 Å². The Morgan fingerprint density at radius 1 is 1.00 bits per heavy atom. The average Bonchev–Trinajstić information content (AvgIpc) is 4.07. The van der Waals surface area contributed by atoms with Gasteiger partial charge in [0, 0.05) is 27.8 Å². The summed E-state index contributed by atoms with van der Waals surface area (Å²) in [6.45, 7) is 19.4. The molecule has 66 heavy (non-hydrogen) atoms. The number of carbonyl (C=O) groups excluding carboxylic acids is 1. The number of hydrogen-bond donors (Lipinski definition) is 0. The van der Waals surface area contributed by atoms with Crippen LogP contribution < -0.4 is 4.90 Å². The summed E-state index contributed by atoms with van der Waals surface area (Å²) >= 11 is 6.66. The monoisotopic (exact) mass is 989 g/mol. The predicted octanol–water partition coefficient (Wildman–Crippen LogP) is 6.74. The summed E-state index contributed by atoms with van der Waals surface area (Å²) in [4.78, 5) is 24.6. The molecule has 3 aliphatic rings. The van der Waals surface area contributed by atoms with E-state index in [0.29, 0.717) is 23.5 Å². The molecule has 0 radical (unpaired) electrons. The molecule has 372 valence electrons. The topological polar surface area (TPSA) is 226 Å². The Morgan fingerprint density at radius 2 is 1.70 bits per heavy atom. The van der Waals surface area contributed by atoms with Gasteiger partial charge in [-0.1, -0.05) is 32.5 Å². The van der Waals surface area contributed by atoms with Gasteiger partial charge in [0.1, 0.15) is 37.3 Å². The zero-order valence-electron chi connectivity index (χ0n) is 40.2. The van der Waals surface area contributed by atoms with Gasteiger partial charge in [0.25, 0.3) is 0 Å². The highest BCUT2D eigenvalue weighted by molar-refractivity contribution is 7.55. The minimum Gasteiger partial charge on any atom is -0.443 e. The van der Waals surface area contributed by atoms with Crippen LogP contribution in [0.1, 0.15) is 86.2 Å². The number of amides is 1. The second-order valence-corrected chi connectivity index (χ2v) is 27.4. The number of anilines is 1. The quantitative estimate of drug-likeness (QED) is 0.0371. The maximum absolute atomic E-state index is 15.1. The van der Waals surface area contributed by atoms with Crippen molar-refractivity contribution in [2.24, 2.45) is 0 Å². The second-order valence-electron chi connectivity index (χ2n) is 19.1. The van der Waals surface area contributed by atoms with Crippen LogP contribution in [0.5, 0.6) is 0 Å². The molecule has 3 aromatic heterocycles. The third kappa shape index (κ3) is 12.9. The number of tetrazole rings is 1.